The van der Waals surface area contributed by atoms with Crippen LogP contribution in [-0.2, 0) is 9.53 Å². The van der Waals surface area contributed by atoms with E-state index in [-0.39, 0.29) is 0 Å². The number of anilines is 1. The van der Waals surface area contributed by atoms with Crippen LogP contribution in [0.5, 0.6) is 0 Å². The largest absolute Gasteiger partial charge is 0.449 e. The Kier molecular flexibility index (Phi) is 4.92. The number of rotatable bonds is 4. The smallest absolute Gasteiger partial charge is 0.339 e. The Hall–Kier alpha value is -2.65. The maximum absolute atomic E-state index is 12.1. The number of ether oxygens (including phenoxy) is 1. The first-order chi connectivity index (χ1) is 10.5. The molecule has 1 aromatic carbocycles. The van der Waals surface area contributed by atoms with E-state index in [2.05, 4.69) is 5.32 Å². The number of amides is 1. The number of benzene rings is 1. The lowest BCUT2D eigenvalue weighted by atomic mass is 10.1. The van der Waals surface area contributed by atoms with Gasteiger partial charge in [-0.2, -0.15) is 5.26 Å². The number of hydrogen-bond acceptors (Lipinski definition) is 5. The van der Waals surface area contributed by atoms with Crippen LogP contribution in [0.25, 0.3) is 0 Å². The van der Waals surface area contributed by atoms with Gasteiger partial charge >= 0.3 is 5.97 Å². The topological polar surface area (TPSA) is 79.2 Å². The molecule has 2 aromatic rings. The van der Waals surface area contributed by atoms with Crippen molar-refractivity contribution in [2.75, 3.05) is 5.32 Å². The van der Waals surface area contributed by atoms with Crippen LogP contribution in [0.15, 0.2) is 35.7 Å². The summed E-state index contributed by atoms with van der Waals surface area (Å²) < 4.78 is 5.17. The third-order valence-electron chi connectivity index (χ3n) is 3.04. The van der Waals surface area contributed by atoms with Crippen molar-refractivity contribution in [1.29, 1.82) is 5.26 Å². The summed E-state index contributed by atoms with van der Waals surface area (Å²) in [4.78, 5) is 24.1. The average Bonchev–Trinajstić information content (AvgIpc) is 2.94. The van der Waals surface area contributed by atoms with Gasteiger partial charge in [-0.05, 0) is 36.9 Å². The first kappa shape index (κ1) is 15.7. The molecule has 22 heavy (non-hydrogen) atoms. The average molecular weight is 314 g/mol. The Morgan fingerprint density at radius 2 is 2.05 bits per heavy atom. The molecule has 112 valence electrons. The van der Waals surface area contributed by atoms with Gasteiger partial charge in [-0.3, -0.25) is 4.79 Å². The third kappa shape index (κ3) is 3.51. The normalized spacial score (nSPS) is 11.3. The maximum Gasteiger partial charge on any atom is 0.339 e. The van der Waals surface area contributed by atoms with Crippen molar-refractivity contribution in [3.8, 4) is 6.07 Å². The number of nitrogens with zero attached hydrogens (tertiary/aromatic N) is 1. The number of carbonyl (C=O) groups excluding carboxylic acids is 2. The molecule has 1 unspecified atom stereocenters. The van der Waals surface area contributed by atoms with E-state index < -0.39 is 18.0 Å². The van der Waals surface area contributed by atoms with Crippen LogP contribution >= 0.6 is 11.3 Å². The molecule has 0 spiro atoms. The minimum atomic E-state index is -0.958. The van der Waals surface area contributed by atoms with Crippen LogP contribution in [0.4, 0.5) is 5.00 Å². The zero-order valence-corrected chi connectivity index (χ0v) is 12.9. The highest BCUT2D eigenvalue weighted by Crippen LogP contribution is 2.22. The predicted molar refractivity (Wildman–Crippen MR) is 83.7 cm³/mol. The molecule has 0 saturated heterocycles. The molecule has 0 saturated carbocycles. The lowest BCUT2D eigenvalue weighted by Gasteiger charge is -2.13. The van der Waals surface area contributed by atoms with Crippen molar-refractivity contribution in [2.45, 2.75) is 20.0 Å². The minimum absolute atomic E-state index is 0.385. The van der Waals surface area contributed by atoms with E-state index in [1.807, 2.05) is 12.1 Å². The van der Waals surface area contributed by atoms with E-state index in [1.165, 1.54) is 18.3 Å². The summed E-state index contributed by atoms with van der Waals surface area (Å²) >= 11 is 1.24. The molecule has 1 heterocycles. The number of aryl methyl sites for hydroxylation is 1. The van der Waals surface area contributed by atoms with Crippen LogP contribution in [0.1, 0.15) is 28.4 Å². The second kappa shape index (κ2) is 6.87. The second-order valence-corrected chi connectivity index (χ2v) is 5.54. The van der Waals surface area contributed by atoms with Crippen LogP contribution in [0.2, 0.25) is 0 Å². The first-order valence-corrected chi connectivity index (χ1v) is 7.46. The fourth-order valence-corrected chi connectivity index (χ4v) is 2.53. The number of nitriles is 1. The molecule has 0 bridgehead atoms. The van der Waals surface area contributed by atoms with Gasteiger partial charge in [0, 0.05) is 0 Å². The van der Waals surface area contributed by atoms with E-state index in [1.54, 1.807) is 36.6 Å². The second-order valence-electron chi connectivity index (χ2n) is 4.63. The summed E-state index contributed by atoms with van der Waals surface area (Å²) in [5.41, 5.74) is 1.59. The number of esters is 1. The number of thiophene rings is 1. The van der Waals surface area contributed by atoms with Crippen LogP contribution in [0.3, 0.4) is 0 Å². The highest BCUT2D eigenvalue weighted by Gasteiger charge is 2.21. The van der Waals surface area contributed by atoms with Gasteiger partial charge in [0.1, 0.15) is 11.1 Å². The Bertz CT molecular complexity index is 746. The minimum Gasteiger partial charge on any atom is -0.449 e. The van der Waals surface area contributed by atoms with Gasteiger partial charge in [0.15, 0.2) is 6.10 Å². The van der Waals surface area contributed by atoms with E-state index in [4.69, 9.17) is 10.00 Å². The SMILES string of the molecule is Cc1ccccc1C(=O)OC(C)C(=O)Nc1sccc1C#N. The van der Waals surface area contributed by atoms with Crippen LogP contribution in [-0.4, -0.2) is 18.0 Å². The molecule has 0 aliphatic carbocycles. The van der Waals surface area contributed by atoms with Crippen LogP contribution < -0.4 is 5.32 Å². The quantitative estimate of drug-likeness (QED) is 0.879. The fourth-order valence-electron chi connectivity index (χ4n) is 1.79. The van der Waals surface area contributed by atoms with Gasteiger partial charge in [0.05, 0.1) is 11.1 Å². The van der Waals surface area contributed by atoms with Gasteiger partial charge in [-0.1, -0.05) is 18.2 Å². The molecule has 1 amide bonds. The lowest BCUT2D eigenvalue weighted by molar-refractivity contribution is -0.123. The molecule has 1 N–H and O–H groups in total. The summed E-state index contributed by atoms with van der Waals surface area (Å²) in [7, 11) is 0. The van der Waals surface area contributed by atoms with Crippen molar-refractivity contribution >= 4 is 28.2 Å². The van der Waals surface area contributed by atoms with Gasteiger partial charge in [0.25, 0.3) is 5.91 Å². The monoisotopic (exact) mass is 314 g/mol. The van der Waals surface area contributed by atoms with E-state index in [0.717, 1.165) is 5.56 Å². The van der Waals surface area contributed by atoms with Crippen molar-refractivity contribution < 1.29 is 14.3 Å². The van der Waals surface area contributed by atoms with Gasteiger partial charge in [-0.15, -0.1) is 11.3 Å². The fraction of sp³-hybridized carbons (Fsp3) is 0.188. The molecule has 2 rings (SSSR count). The highest BCUT2D eigenvalue weighted by atomic mass is 32.1. The zero-order valence-electron chi connectivity index (χ0n) is 12.1. The number of nitrogens with one attached hydrogen (secondary N) is 1. The number of carbonyl (C=O) groups is 2. The summed E-state index contributed by atoms with van der Waals surface area (Å²) in [6, 6.07) is 10.6. The van der Waals surface area contributed by atoms with E-state index in [9.17, 15) is 9.59 Å². The number of hydrogen-bond donors (Lipinski definition) is 1. The molecular formula is C16H14N2O3S. The lowest BCUT2D eigenvalue weighted by Crippen LogP contribution is -2.30. The van der Waals surface area contributed by atoms with Gasteiger partial charge in [0.2, 0.25) is 0 Å². The summed E-state index contributed by atoms with van der Waals surface area (Å²) in [5.74, 6) is -1.02. The first-order valence-electron chi connectivity index (χ1n) is 6.58. The molecule has 6 heteroatoms. The van der Waals surface area contributed by atoms with Gasteiger partial charge < -0.3 is 10.1 Å². The molecule has 0 aliphatic rings. The standard InChI is InChI=1S/C16H14N2O3S/c1-10-5-3-4-6-13(10)16(20)21-11(2)14(19)18-15-12(9-17)7-8-22-15/h3-8,11H,1-2H3,(H,18,19). The highest BCUT2D eigenvalue weighted by molar-refractivity contribution is 7.14. The van der Waals surface area contributed by atoms with Crippen molar-refractivity contribution in [1.82, 2.24) is 0 Å². The Morgan fingerprint density at radius 1 is 1.32 bits per heavy atom. The predicted octanol–water partition coefficient (Wildman–Crippen LogP) is 3.11. The summed E-state index contributed by atoms with van der Waals surface area (Å²) in [6.07, 6.45) is -0.958. The third-order valence-corrected chi connectivity index (χ3v) is 3.87. The molecule has 1 aromatic heterocycles. The summed E-state index contributed by atoms with van der Waals surface area (Å²) in [6.45, 7) is 3.29. The van der Waals surface area contributed by atoms with Crippen LogP contribution in [0, 0.1) is 18.3 Å². The molecule has 0 radical (unpaired) electrons. The Morgan fingerprint density at radius 3 is 2.73 bits per heavy atom. The Labute approximate surface area is 132 Å². The van der Waals surface area contributed by atoms with Crippen molar-refractivity contribution in [2.24, 2.45) is 0 Å². The maximum atomic E-state index is 12.1. The van der Waals surface area contributed by atoms with Gasteiger partial charge in [-0.25, -0.2) is 4.79 Å². The summed E-state index contributed by atoms with van der Waals surface area (Å²) in [5, 5.41) is 13.7. The van der Waals surface area contributed by atoms with Crippen molar-refractivity contribution in [3.05, 3.63) is 52.4 Å². The van der Waals surface area contributed by atoms with Crippen molar-refractivity contribution in [3.63, 3.8) is 0 Å². The Balaban J connectivity index is 2.02. The zero-order chi connectivity index (χ0) is 16.1. The molecular weight excluding hydrogens is 300 g/mol. The van der Waals surface area contributed by atoms with E-state index >= 15 is 0 Å². The molecule has 0 fully saturated rings. The van der Waals surface area contributed by atoms with E-state index in [0.29, 0.717) is 16.1 Å². The molecule has 5 nitrogen and oxygen atoms in total. The molecule has 1 atom stereocenters. The molecule has 0 aliphatic heterocycles.